The molecule has 0 spiro atoms. The zero-order valence-electron chi connectivity index (χ0n) is 7.68. The molecule has 2 rings (SSSR count). The Balaban J connectivity index is 2.48. The molecule has 1 aliphatic heterocycles. The number of Topliss-reactive ketones (excluding diaryl/α,β-unsaturated/α-hetero) is 1. The second-order valence-electron chi connectivity index (χ2n) is 3.71. The molecule has 1 N–H and O–H groups in total. The van der Waals surface area contributed by atoms with Gasteiger partial charge in [0.15, 0.2) is 0 Å². The summed E-state index contributed by atoms with van der Waals surface area (Å²) in [7, 11) is 0. The van der Waals surface area contributed by atoms with E-state index in [1.165, 1.54) is 0 Å². The number of carbonyl (C=O) groups is 2. The van der Waals surface area contributed by atoms with Crippen LogP contribution in [0, 0.1) is 5.92 Å². The van der Waals surface area contributed by atoms with Crippen molar-refractivity contribution in [3.05, 3.63) is 22.9 Å². The molecule has 68 valence electrons. The van der Waals surface area contributed by atoms with Crippen LogP contribution in [0.25, 0.3) is 0 Å². The van der Waals surface area contributed by atoms with E-state index in [0.717, 1.165) is 17.7 Å². The monoisotopic (exact) mass is 177 g/mol. The molecule has 13 heavy (non-hydrogen) atoms. The minimum absolute atomic E-state index is 0.260. The van der Waals surface area contributed by atoms with Crippen LogP contribution < -0.4 is 5.32 Å². The van der Waals surface area contributed by atoms with Crippen molar-refractivity contribution >= 4 is 11.7 Å². The molecule has 1 aliphatic carbocycles. The molecule has 0 aromatic carbocycles. The molecule has 0 aromatic rings. The lowest BCUT2D eigenvalue weighted by Gasteiger charge is -2.18. The van der Waals surface area contributed by atoms with Crippen LogP contribution in [0.4, 0.5) is 0 Å². The lowest BCUT2D eigenvalue weighted by molar-refractivity contribution is -0.134. The normalized spacial score (nSPS) is 27.2. The van der Waals surface area contributed by atoms with Crippen molar-refractivity contribution in [1.82, 2.24) is 5.32 Å². The van der Waals surface area contributed by atoms with E-state index in [2.05, 4.69) is 5.32 Å². The molecule has 0 saturated heterocycles. The Morgan fingerprint density at radius 1 is 1.46 bits per heavy atom. The summed E-state index contributed by atoms with van der Waals surface area (Å²) in [4.78, 5) is 22.4. The standard InChI is InChI=1S/C10H11NO2/c1-5-3-6(2)8-7(4-5)9(12)10(13)11-8/h4,6H,3H2,1-2H3,(H,11,12,13). The van der Waals surface area contributed by atoms with Gasteiger partial charge in [0.2, 0.25) is 0 Å². The summed E-state index contributed by atoms with van der Waals surface area (Å²) in [5, 5.41) is 2.62. The summed E-state index contributed by atoms with van der Waals surface area (Å²) in [6.07, 6.45) is 2.74. The first-order valence-corrected chi connectivity index (χ1v) is 4.36. The molecular formula is C10H11NO2. The lowest BCUT2D eigenvalue weighted by Crippen LogP contribution is -2.23. The van der Waals surface area contributed by atoms with Crippen molar-refractivity contribution < 1.29 is 9.59 Å². The van der Waals surface area contributed by atoms with E-state index in [1.807, 2.05) is 19.9 Å². The van der Waals surface area contributed by atoms with E-state index < -0.39 is 5.91 Å². The Hall–Kier alpha value is -1.38. The molecule has 0 radical (unpaired) electrons. The summed E-state index contributed by atoms with van der Waals surface area (Å²) in [6, 6.07) is 0. The van der Waals surface area contributed by atoms with Crippen LogP contribution in [0.5, 0.6) is 0 Å². The van der Waals surface area contributed by atoms with E-state index in [0.29, 0.717) is 5.57 Å². The SMILES string of the molecule is CC1=CC2=C(NC(=O)C2=O)C(C)C1. The second-order valence-corrected chi connectivity index (χ2v) is 3.71. The van der Waals surface area contributed by atoms with E-state index >= 15 is 0 Å². The van der Waals surface area contributed by atoms with Gasteiger partial charge in [-0.05, 0) is 13.3 Å². The smallest absolute Gasteiger partial charge is 0.296 e. The molecule has 1 unspecified atom stereocenters. The molecule has 3 nitrogen and oxygen atoms in total. The zero-order valence-corrected chi connectivity index (χ0v) is 7.68. The minimum Gasteiger partial charge on any atom is -0.322 e. The van der Waals surface area contributed by atoms with Crippen molar-refractivity contribution in [2.75, 3.05) is 0 Å². The molecule has 3 heteroatoms. The lowest BCUT2D eigenvalue weighted by atomic mass is 9.89. The third-order valence-electron chi connectivity index (χ3n) is 2.50. The Morgan fingerprint density at radius 3 is 2.85 bits per heavy atom. The Labute approximate surface area is 76.5 Å². The largest absolute Gasteiger partial charge is 0.322 e. The molecule has 1 amide bonds. The number of amides is 1. The maximum atomic E-state index is 11.3. The first kappa shape index (κ1) is 8.23. The fourth-order valence-corrected chi connectivity index (χ4v) is 1.91. The molecule has 0 aromatic heterocycles. The minimum atomic E-state index is -0.484. The quantitative estimate of drug-likeness (QED) is 0.559. The highest BCUT2D eigenvalue weighted by Gasteiger charge is 2.34. The Morgan fingerprint density at radius 2 is 2.15 bits per heavy atom. The van der Waals surface area contributed by atoms with Gasteiger partial charge in [0, 0.05) is 17.2 Å². The molecule has 1 atom stereocenters. The van der Waals surface area contributed by atoms with Crippen LogP contribution >= 0.6 is 0 Å². The van der Waals surface area contributed by atoms with Crippen LogP contribution in [-0.4, -0.2) is 11.7 Å². The summed E-state index contributed by atoms with van der Waals surface area (Å²) in [5.74, 6) is -0.612. The van der Waals surface area contributed by atoms with Crippen LogP contribution in [0.15, 0.2) is 22.9 Å². The van der Waals surface area contributed by atoms with Crippen molar-refractivity contribution in [2.24, 2.45) is 5.92 Å². The summed E-state index contributed by atoms with van der Waals surface area (Å²) in [5.41, 5.74) is 2.54. The van der Waals surface area contributed by atoms with Crippen LogP contribution in [-0.2, 0) is 9.59 Å². The molecule has 0 saturated carbocycles. The van der Waals surface area contributed by atoms with Gasteiger partial charge in [-0.25, -0.2) is 0 Å². The van der Waals surface area contributed by atoms with E-state index in [-0.39, 0.29) is 11.7 Å². The molecule has 0 bridgehead atoms. The average Bonchev–Trinajstić information content (AvgIpc) is 2.32. The number of hydrogen-bond acceptors (Lipinski definition) is 2. The van der Waals surface area contributed by atoms with Gasteiger partial charge >= 0.3 is 0 Å². The third kappa shape index (κ3) is 1.11. The van der Waals surface area contributed by atoms with Gasteiger partial charge in [0.1, 0.15) is 0 Å². The van der Waals surface area contributed by atoms with Gasteiger partial charge in [0.05, 0.1) is 0 Å². The van der Waals surface area contributed by atoms with Crippen molar-refractivity contribution in [2.45, 2.75) is 20.3 Å². The van der Waals surface area contributed by atoms with Gasteiger partial charge < -0.3 is 5.32 Å². The fourth-order valence-electron chi connectivity index (χ4n) is 1.91. The van der Waals surface area contributed by atoms with Gasteiger partial charge in [-0.2, -0.15) is 0 Å². The highest BCUT2D eigenvalue weighted by atomic mass is 16.2. The van der Waals surface area contributed by atoms with Gasteiger partial charge in [-0.15, -0.1) is 0 Å². The molecule has 2 aliphatic rings. The second kappa shape index (κ2) is 2.55. The number of allylic oxidation sites excluding steroid dienone is 3. The number of carbonyl (C=O) groups excluding carboxylic acids is 2. The maximum Gasteiger partial charge on any atom is 0.296 e. The van der Waals surface area contributed by atoms with Gasteiger partial charge in [-0.1, -0.05) is 18.6 Å². The third-order valence-corrected chi connectivity index (χ3v) is 2.50. The van der Waals surface area contributed by atoms with E-state index in [9.17, 15) is 9.59 Å². The van der Waals surface area contributed by atoms with Crippen molar-refractivity contribution in [3.8, 4) is 0 Å². The Kier molecular flexibility index (Phi) is 1.62. The molecular weight excluding hydrogens is 166 g/mol. The van der Waals surface area contributed by atoms with Crippen molar-refractivity contribution in [1.29, 1.82) is 0 Å². The predicted octanol–water partition coefficient (Wildman–Crippen LogP) is 0.925. The molecule has 0 fully saturated rings. The van der Waals surface area contributed by atoms with E-state index in [4.69, 9.17) is 0 Å². The van der Waals surface area contributed by atoms with Crippen LogP contribution in [0.1, 0.15) is 20.3 Å². The van der Waals surface area contributed by atoms with Gasteiger partial charge in [0.25, 0.3) is 11.7 Å². The van der Waals surface area contributed by atoms with E-state index in [1.54, 1.807) is 0 Å². The van der Waals surface area contributed by atoms with Gasteiger partial charge in [-0.3, -0.25) is 9.59 Å². The molecule has 1 heterocycles. The van der Waals surface area contributed by atoms with Crippen LogP contribution in [0.3, 0.4) is 0 Å². The average molecular weight is 177 g/mol. The first-order valence-electron chi connectivity index (χ1n) is 4.36. The maximum absolute atomic E-state index is 11.3. The summed E-state index contributed by atoms with van der Waals surface area (Å²) < 4.78 is 0. The topological polar surface area (TPSA) is 46.2 Å². The fraction of sp³-hybridized carbons (Fsp3) is 0.400. The van der Waals surface area contributed by atoms with Crippen molar-refractivity contribution in [3.63, 3.8) is 0 Å². The number of nitrogens with one attached hydrogen (secondary N) is 1. The first-order chi connectivity index (χ1) is 6.09. The predicted molar refractivity (Wildman–Crippen MR) is 47.7 cm³/mol. The number of rotatable bonds is 0. The summed E-state index contributed by atoms with van der Waals surface area (Å²) in [6.45, 7) is 4.00. The highest BCUT2D eigenvalue weighted by molar-refractivity contribution is 6.46. The summed E-state index contributed by atoms with van der Waals surface area (Å²) >= 11 is 0. The highest BCUT2D eigenvalue weighted by Crippen LogP contribution is 2.30. The zero-order chi connectivity index (χ0) is 9.59. The number of hydrogen-bond donors (Lipinski definition) is 1. The number of ketones is 1. The Bertz CT molecular complexity index is 363. The van der Waals surface area contributed by atoms with Crippen LogP contribution in [0.2, 0.25) is 0 Å².